The fourth-order valence-corrected chi connectivity index (χ4v) is 5.50. The molecule has 0 atom stereocenters. The van der Waals surface area contributed by atoms with Crippen LogP contribution in [0.15, 0.2) is 26.0 Å². The maximum Gasteiger partial charge on any atom is 0.244 e. The smallest absolute Gasteiger partial charge is 0.244 e. The average Bonchev–Trinajstić information content (AvgIpc) is 2.30. The molecule has 2 rings (SSSR count). The number of nitrogens with zero attached hydrogens (tertiary/aromatic N) is 1. The first kappa shape index (κ1) is 16.4. The Kier molecular flexibility index (Phi) is 5.29. The summed E-state index contributed by atoms with van der Waals surface area (Å²) in [4.78, 5) is 0.329. The van der Waals surface area contributed by atoms with Crippen LogP contribution in [0.3, 0.4) is 0 Å². The fraction of sp³-hybridized carbons (Fsp3) is 0.538. The molecule has 0 radical (unpaired) electrons. The Morgan fingerprint density at radius 3 is 2.45 bits per heavy atom. The Morgan fingerprint density at radius 2 is 1.95 bits per heavy atom. The molecule has 1 aliphatic heterocycles. The summed E-state index contributed by atoms with van der Waals surface area (Å²) in [7, 11) is -3.48. The van der Waals surface area contributed by atoms with Crippen LogP contribution in [0, 0.1) is 6.92 Å². The first-order valence-corrected chi connectivity index (χ1v) is 9.58. The minimum Gasteiger partial charge on any atom is -0.313 e. The van der Waals surface area contributed by atoms with E-state index in [4.69, 9.17) is 0 Å². The molecular weight excluding hydrogens is 408 g/mol. The van der Waals surface area contributed by atoms with Gasteiger partial charge in [-0.2, -0.15) is 4.31 Å². The van der Waals surface area contributed by atoms with Crippen molar-refractivity contribution in [2.24, 2.45) is 0 Å². The molecule has 0 aliphatic carbocycles. The van der Waals surface area contributed by atoms with Crippen molar-refractivity contribution in [3.63, 3.8) is 0 Å². The van der Waals surface area contributed by atoms with E-state index >= 15 is 0 Å². The third kappa shape index (κ3) is 3.11. The number of aryl methyl sites for hydroxylation is 1. The number of hydrogen-bond donors (Lipinski definition) is 1. The molecule has 1 aromatic carbocycles. The van der Waals surface area contributed by atoms with Crippen LogP contribution in [0.4, 0.5) is 0 Å². The van der Waals surface area contributed by atoms with Crippen molar-refractivity contribution < 1.29 is 8.42 Å². The van der Waals surface area contributed by atoms with Gasteiger partial charge in [0.05, 0.1) is 10.9 Å². The van der Waals surface area contributed by atoms with Gasteiger partial charge in [-0.15, -0.1) is 0 Å². The molecule has 4 nitrogen and oxygen atoms in total. The second-order valence-corrected chi connectivity index (χ2v) is 8.53. The molecule has 112 valence electrons. The van der Waals surface area contributed by atoms with Gasteiger partial charge in [-0.25, -0.2) is 8.42 Å². The molecule has 0 spiro atoms. The van der Waals surface area contributed by atoms with Crippen LogP contribution in [0.2, 0.25) is 0 Å². The van der Waals surface area contributed by atoms with Crippen LogP contribution in [-0.4, -0.2) is 38.4 Å². The van der Waals surface area contributed by atoms with Gasteiger partial charge in [-0.05, 0) is 47.0 Å². The first-order chi connectivity index (χ1) is 9.37. The first-order valence-electron chi connectivity index (χ1n) is 6.56. The van der Waals surface area contributed by atoms with Gasteiger partial charge in [-0.3, -0.25) is 0 Å². The molecule has 0 saturated carbocycles. The lowest BCUT2D eigenvalue weighted by atomic mass is 10.2. The number of benzene rings is 1. The fourth-order valence-electron chi connectivity index (χ4n) is 2.15. The summed E-state index contributed by atoms with van der Waals surface area (Å²) in [6.07, 6.45) is 0.806. The zero-order valence-corrected chi connectivity index (χ0v) is 15.5. The largest absolute Gasteiger partial charge is 0.313 e. The third-order valence-corrected chi connectivity index (χ3v) is 7.18. The maximum atomic E-state index is 12.9. The molecule has 1 aliphatic rings. The number of halogens is 2. The van der Waals surface area contributed by atoms with E-state index in [1.165, 1.54) is 0 Å². The highest BCUT2D eigenvalue weighted by Gasteiger charge is 2.35. The van der Waals surface area contributed by atoms with E-state index in [1.54, 1.807) is 10.4 Å². The van der Waals surface area contributed by atoms with Gasteiger partial charge >= 0.3 is 0 Å². The highest BCUT2D eigenvalue weighted by atomic mass is 79.9. The highest BCUT2D eigenvalue weighted by Crippen LogP contribution is 2.32. The van der Waals surface area contributed by atoms with Crippen LogP contribution in [0.1, 0.15) is 18.9 Å². The van der Waals surface area contributed by atoms with Crippen molar-refractivity contribution in [3.8, 4) is 0 Å². The summed E-state index contributed by atoms with van der Waals surface area (Å²) in [5.74, 6) is 0. The summed E-state index contributed by atoms with van der Waals surface area (Å²) < 4.78 is 28.8. The summed E-state index contributed by atoms with van der Waals surface area (Å²) >= 11 is 6.80. The molecule has 1 heterocycles. The van der Waals surface area contributed by atoms with Gasteiger partial charge in [0.15, 0.2) is 0 Å². The van der Waals surface area contributed by atoms with Gasteiger partial charge in [-0.1, -0.05) is 22.9 Å². The van der Waals surface area contributed by atoms with Gasteiger partial charge < -0.3 is 5.32 Å². The van der Waals surface area contributed by atoms with E-state index in [0.29, 0.717) is 15.9 Å². The van der Waals surface area contributed by atoms with E-state index in [1.807, 2.05) is 19.9 Å². The van der Waals surface area contributed by atoms with Gasteiger partial charge in [0.2, 0.25) is 10.0 Å². The Morgan fingerprint density at radius 1 is 1.30 bits per heavy atom. The molecule has 0 amide bonds. The minimum absolute atomic E-state index is 0.0620. The summed E-state index contributed by atoms with van der Waals surface area (Å²) in [5.41, 5.74) is 1.00. The Labute approximate surface area is 137 Å². The van der Waals surface area contributed by atoms with E-state index in [0.717, 1.165) is 29.5 Å². The van der Waals surface area contributed by atoms with Crippen LogP contribution in [-0.2, 0) is 10.0 Å². The zero-order chi connectivity index (χ0) is 14.9. The van der Waals surface area contributed by atoms with E-state index < -0.39 is 10.0 Å². The van der Waals surface area contributed by atoms with Crippen LogP contribution in [0.5, 0.6) is 0 Å². The molecule has 1 aromatic rings. The number of sulfonamides is 1. The predicted molar refractivity (Wildman–Crippen MR) is 87.4 cm³/mol. The lowest BCUT2D eigenvalue weighted by molar-refractivity contribution is 0.241. The van der Waals surface area contributed by atoms with Gasteiger partial charge in [0, 0.05) is 28.6 Å². The zero-order valence-electron chi connectivity index (χ0n) is 11.5. The highest BCUT2D eigenvalue weighted by molar-refractivity contribution is 9.11. The van der Waals surface area contributed by atoms with E-state index in [2.05, 4.69) is 37.2 Å². The van der Waals surface area contributed by atoms with Crippen molar-refractivity contribution in [2.45, 2.75) is 31.2 Å². The van der Waals surface area contributed by atoms with Crippen LogP contribution < -0.4 is 5.32 Å². The Hall–Kier alpha value is 0.0500. The third-order valence-electron chi connectivity index (χ3n) is 3.41. The molecule has 0 unspecified atom stereocenters. The Bertz CT molecular complexity index is 601. The summed E-state index contributed by atoms with van der Waals surface area (Å²) in [6.45, 7) is 5.93. The van der Waals surface area contributed by atoms with Crippen molar-refractivity contribution in [3.05, 3.63) is 26.6 Å². The normalized spacial score (nSPS) is 16.4. The molecule has 1 N–H and O–H groups in total. The van der Waals surface area contributed by atoms with E-state index in [-0.39, 0.29) is 6.04 Å². The lowest BCUT2D eigenvalue weighted by Crippen LogP contribution is -2.58. The predicted octanol–water partition coefficient (Wildman–Crippen LogP) is 2.89. The minimum atomic E-state index is -3.48. The average molecular weight is 426 g/mol. The van der Waals surface area contributed by atoms with Crippen molar-refractivity contribution >= 4 is 41.9 Å². The quantitative estimate of drug-likeness (QED) is 0.788. The molecule has 7 heteroatoms. The summed E-state index contributed by atoms with van der Waals surface area (Å²) in [5, 5.41) is 3.13. The van der Waals surface area contributed by atoms with Crippen molar-refractivity contribution in [2.75, 3.05) is 19.6 Å². The summed E-state index contributed by atoms with van der Waals surface area (Å²) in [6, 6.07) is 3.58. The maximum absolute atomic E-state index is 12.9. The lowest BCUT2D eigenvalue weighted by Gasteiger charge is -2.37. The van der Waals surface area contributed by atoms with Gasteiger partial charge in [0.25, 0.3) is 0 Å². The number of nitrogens with one attached hydrogen (secondary N) is 1. The van der Waals surface area contributed by atoms with Crippen molar-refractivity contribution in [1.29, 1.82) is 0 Å². The Balaban J connectivity index is 2.44. The molecule has 20 heavy (non-hydrogen) atoms. The van der Waals surface area contributed by atoms with Gasteiger partial charge in [0.1, 0.15) is 0 Å². The molecule has 1 saturated heterocycles. The monoisotopic (exact) mass is 424 g/mol. The second kappa shape index (κ2) is 6.44. The van der Waals surface area contributed by atoms with E-state index in [9.17, 15) is 8.42 Å². The molecular formula is C13H18Br2N2O2S. The molecule has 1 fully saturated rings. The number of rotatable bonds is 5. The molecule has 0 aromatic heterocycles. The molecule has 0 bridgehead atoms. The SMILES string of the molecule is CCCN(C1CNC1)S(=O)(=O)c1cc(Br)c(C)cc1Br. The van der Waals surface area contributed by atoms with Crippen LogP contribution in [0.25, 0.3) is 0 Å². The van der Waals surface area contributed by atoms with Crippen LogP contribution >= 0.6 is 31.9 Å². The number of hydrogen-bond acceptors (Lipinski definition) is 3. The van der Waals surface area contributed by atoms with Crippen molar-refractivity contribution in [1.82, 2.24) is 9.62 Å². The second-order valence-electron chi connectivity index (χ2n) is 4.96. The topological polar surface area (TPSA) is 49.4 Å². The standard InChI is InChI=1S/C13H18Br2N2O2S/c1-3-4-17(10-7-16-8-10)20(18,19)13-6-11(14)9(2)5-12(13)15/h5-6,10,16H,3-4,7-8H2,1-2H3.